The van der Waals surface area contributed by atoms with Gasteiger partial charge in [0.05, 0.1) is 29.0 Å². The number of amides is 2. The van der Waals surface area contributed by atoms with Crippen molar-refractivity contribution in [3.63, 3.8) is 0 Å². The van der Waals surface area contributed by atoms with Crippen molar-refractivity contribution in [3.8, 4) is 11.5 Å². The van der Waals surface area contributed by atoms with Crippen LogP contribution in [0, 0.1) is 29.6 Å². The Labute approximate surface area is 258 Å². The molecule has 0 radical (unpaired) electrons. The number of hydrogen-bond acceptors (Lipinski definition) is 8. The Morgan fingerprint density at radius 2 is 1.83 bits per heavy atom. The Morgan fingerprint density at radius 3 is 2.55 bits per heavy atom. The van der Waals surface area contributed by atoms with Crippen LogP contribution in [0.1, 0.15) is 28.3 Å². The number of aromatic amines is 1. The van der Waals surface area contributed by atoms with Gasteiger partial charge in [-0.2, -0.15) is 0 Å². The van der Waals surface area contributed by atoms with Crippen molar-refractivity contribution < 1.29 is 29.0 Å². The fourth-order valence-corrected chi connectivity index (χ4v) is 10.9. The summed E-state index contributed by atoms with van der Waals surface area (Å²) >= 11 is 15.0. The van der Waals surface area contributed by atoms with Crippen LogP contribution in [0.3, 0.4) is 0 Å². The van der Waals surface area contributed by atoms with E-state index in [2.05, 4.69) is 4.98 Å². The summed E-state index contributed by atoms with van der Waals surface area (Å²) in [5, 5.41) is 11.0. The van der Waals surface area contributed by atoms with Gasteiger partial charge in [0.2, 0.25) is 11.8 Å². The molecule has 13 heteroatoms. The number of thiazole rings is 1. The largest absolute Gasteiger partial charge is 0.496 e. The Hall–Kier alpha value is -2.99. The number of hydrogen-bond donors (Lipinski definition) is 2. The molecule has 3 aromatic rings. The molecule has 2 amide bonds. The number of halogens is 2. The average molecular weight is 648 g/mol. The van der Waals surface area contributed by atoms with Gasteiger partial charge in [-0.05, 0) is 54.0 Å². The summed E-state index contributed by atoms with van der Waals surface area (Å²) < 4.78 is 11.7. The third kappa shape index (κ3) is 4.27. The van der Waals surface area contributed by atoms with E-state index in [1.165, 1.54) is 11.3 Å². The van der Waals surface area contributed by atoms with Crippen molar-refractivity contribution in [1.29, 1.82) is 0 Å². The van der Waals surface area contributed by atoms with Crippen LogP contribution < -0.4 is 14.3 Å². The molecule has 2 N–H and O–H groups in total. The van der Waals surface area contributed by atoms with Crippen LogP contribution in [-0.4, -0.2) is 51.7 Å². The highest BCUT2D eigenvalue weighted by molar-refractivity contribution is 8.00. The summed E-state index contributed by atoms with van der Waals surface area (Å²) in [5.74, 6) is -2.33. The van der Waals surface area contributed by atoms with E-state index < -0.39 is 24.3 Å². The molecule has 42 heavy (non-hydrogen) atoms. The standard InChI is InChI=1S/C29H24Cl2N2O7S2/c1-39-18-6-11(2-3-12(18)10-40-17-5-4-13(30)7-16(17)31)20-21-14-8-15(24(21)41-26-25(20)42-29(38)32-26)23-22(14)27(36)33(28(23)37)9-19(34)35/h2-7,14-15,20-24H,8-10H2,1H3,(H,32,38)(H,34,35)/t14-,15+,20+,21+,22+,23-,24-/m1/s1. The number of nitrogens with one attached hydrogen (secondary N) is 1. The van der Waals surface area contributed by atoms with Crippen molar-refractivity contribution in [2.24, 2.45) is 29.6 Å². The molecule has 1 aromatic heterocycles. The van der Waals surface area contributed by atoms with Crippen LogP contribution in [0.25, 0.3) is 0 Å². The van der Waals surface area contributed by atoms with E-state index in [9.17, 15) is 24.3 Å². The van der Waals surface area contributed by atoms with E-state index in [0.29, 0.717) is 21.5 Å². The summed E-state index contributed by atoms with van der Waals surface area (Å²) in [6, 6.07) is 10.9. The first-order valence-electron chi connectivity index (χ1n) is 13.4. The highest BCUT2D eigenvalue weighted by Crippen LogP contribution is 2.68. The number of carboxylic acid groups (broad SMARTS) is 1. The van der Waals surface area contributed by atoms with Gasteiger partial charge in [-0.15, -0.1) is 11.8 Å². The lowest BCUT2D eigenvalue weighted by Crippen LogP contribution is -2.42. The topological polar surface area (TPSA) is 126 Å². The van der Waals surface area contributed by atoms with E-state index in [1.54, 1.807) is 37.1 Å². The van der Waals surface area contributed by atoms with Crippen molar-refractivity contribution in [2.45, 2.75) is 29.2 Å². The Bertz CT molecular complexity index is 1710. The number of imide groups is 1. The molecule has 2 bridgehead atoms. The second-order valence-electron chi connectivity index (χ2n) is 11.1. The number of methoxy groups -OCH3 is 1. The minimum atomic E-state index is -1.21. The first-order chi connectivity index (χ1) is 20.2. The molecule has 2 aliphatic carbocycles. The molecule has 7 atom stereocenters. The summed E-state index contributed by atoms with van der Waals surface area (Å²) in [6.07, 6.45) is 0.719. The number of carbonyl (C=O) groups is 3. The normalized spacial score (nSPS) is 28.9. The smallest absolute Gasteiger partial charge is 0.323 e. The lowest BCUT2D eigenvalue weighted by Gasteiger charge is -2.43. The quantitative estimate of drug-likeness (QED) is 0.348. The second kappa shape index (κ2) is 10.3. The summed E-state index contributed by atoms with van der Waals surface area (Å²) in [5.41, 5.74) is 1.74. The summed E-state index contributed by atoms with van der Waals surface area (Å²) in [6.45, 7) is -0.413. The van der Waals surface area contributed by atoms with Crippen molar-refractivity contribution in [2.75, 3.05) is 13.7 Å². The van der Waals surface area contributed by atoms with Gasteiger partial charge in [0, 0.05) is 26.6 Å². The molecule has 2 saturated carbocycles. The van der Waals surface area contributed by atoms with Crippen LogP contribution in [0.5, 0.6) is 11.5 Å². The highest BCUT2D eigenvalue weighted by atomic mass is 35.5. The number of benzene rings is 2. The summed E-state index contributed by atoms with van der Waals surface area (Å²) in [7, 11) is 1.58. The zero-order valence-corrected chi connectivity index (χ0v) is 25.2. The number of aliphatic carboxylic acids is 1. The predicted octanol–water partition coefficient (Wildman–Crippen LogP) is 4.89. The Balaban J connectivity index is 1.24. The molecule has 7 rings (SSSR count). The van der Waals surface area contributed by atoms with Gasteiger partial charge in [0.15, 0.2) is 0 Å². The van der Waals surface area contributed by atoms with Crippen LogP contribution in [0.2, 0.25) is 10.0 Å². The molecular weight excluding hydrogens is 623 g/mol. The molecule has 3 fully saturated rings. The number of nitrogens with zero attached hydrogens (tertiary/aromatic N) is 1. The molecular formula is C29H24Cl2N2O7S2. The van der Waals surface area contributed by atoms with Crippen molar-refractivity contribution in [1.82, 2.24) is 9.88 Å². The number of carbonyl (C=O) groups excluding carboxylic acids is 2. The maximum Gasteiger partial charge on any atom is 0.323 e. The SMILES string of the molecule is COc1cc([C@@H]2c3sc(=O)[nH]c3S[C@@H]3[C@H]4C[C@@H]([C@@H]5C(=O)N(CC(=O)O)C(=O)[C@H]45)[C@@H]23)ccc1COc1ccc(Cl)cc1Cl. The van der Waals surface area contributed by atoms with Crippen LogP contribution in [0.4, 0.5) is 0 Å². The van der Waals surface area contributed by atoms with E-state index in [-0.39, 0.29) is 52.2 Å². The number of fused-ring (bicyclic) bond motifs is 9. The third-order valence-corrected chi connectivity index (χ3v) is 12.2. The highest BCUT2D eigenvalue weighted by Gasteiger charge is 2.69. The first kappa shape index (κ1) is 27.8. The third-order valence-electron chi connectivity index (χ3n) is 9.06. The molecule has 4 aliphatic rings. The molecule has 0 spiro atoms. The molecule has 2 aliphatic heterocycles. The van der Waals surface area contributed by atoms with Crippen molar-refractivity contribution in [3.05, 3.63) is 72.1 Å². The lowest BCUT2D eigenvalue weighted by molar-refractivity contribution is -0.149. The van der Waals surface area contributed by atoms with Gasteiger partial charge in [-0.1, -0.05) is 46.7 Å². The Kier molecular flexibility index (Phi) is 6.84. The van der Waals surface area contributed by atoms with E-state index in [4.69, 9.17) is 32.7 Å². The minimum Gasteiger partial charge on any atom is -0.496 e. The van der Waals surface area contributed by atoms with Crippen LogP contribution in [-0.2, 0) is 21.0 Å². The first-order valence-corrected chi connectivity index (χ1v) is 15.8. The number of rotatable bonds is 7. The summed E-state index contributed by atoms with van der Waals surface area (Å²) in [4.78, 5) is 55.3. The lowest BCUT2D eigenvalue weighted by atomic mass is 9.68. The number of thioether (sulfide) groups is 1. The zero-order chi connectivity index (χ0) is 29.4. The monoisotopic (exact) mass is 646 g/mol. The fraction of sp³-hybridized carbons (Fsp3) is 0.379. The van der Waals surface area contributed by atoms with E-state index >= 15 is 0 Å². The zero-order valence-electron chi connectivity index (χ0n) is 22.0. The molecule has 0 unspecified atom stereocenters. The van der Waals surface area contributed by atoms with Gasteiger partial charge in [0.25, 0.3) is 0 Å². The number of ether oxygens (including phenoxy) is 2. The Morgan fingerprint density at radius 1 is 1.07 bits per heavy atom. The van der Waals surface area contributed by atoms with Gasteiger partial charge in [-0.3, -0.25) is 24.1 Å². The van der Waals surface area contributed by atoms with Gasteiger partial charge in [-0.25, -0.2) is 0 Å². The molecule has 1 saturated heterocycles. The van der Waals surface area contributed by atoms with Crippen LogP contribution in [0.15, 0.2) is 46.2 Å². The predicted molar refractivity (Wildman–Crippen MR) is 157 cm³/mol. The van der Waals surface area contributed by atoms with Gasteiger partial charge in [0.1, 0.15) is 24.7 Å². The number of likely N-dealkylation sites (tertiary alicyclic amines) is 1. The molecule has 3 heterocycles. The number of aromatic nitrogens is 1. The fourth-order valence-electron chi connectivity index (χ4n) is 7.56. The van der Waals surface area contributed by atoms with Crippen LogP contribution >= 0.6 is 46.3 Å². The van der Waals surface area contributed by atoms with E-state index in [1.807, 2.05) is 18.2 Å². The molecule has 9 nitrogen and oxygen atoms in total. The maximum atomic E-state index is 13.4. The van der Waals surface area contributed by atoms with Crippen molar-refractivity contribution >= 4 is 64.1 Å². The average Bonchev–Trinajstić information content (AvgIpc) is 3.68. The maximum absolute atomic E-state index is 13.4. The van der Waals surface area contributed by atoms with E-state index in [0.717, 1.165) is 32.4 Å². The minimum absolute atomic E-state index is 0.00146. The molecule has 2 aromatic carbocycles. The number of carboxylic acids is 1. The van der Waals surface area contributed by atoms with Gasteiger partial charge < -0.3 is 19.6 Å². The van der Waals surface area contributed by atoms with Gasteiger partial charge >= 0.3 is 10.8 Å². The number of H-pyrrole nitrogens is 1. The second-order valence-corrected chi connectivity index (χ2v) is 14.1. The molecule has 218 valence electrons.